The van der Waals surface area contributed by atoms with Crippen LogP contribution < -0.4 is 10.6 Å². The molecule has 0 saturated heterocycles. The van der Waals surface area contributed by atoms with Gasteiger partial charge in [0.2, 0.25) is 0 Å². The maximum atomic E-state index is 5.81. The molecule has 3 rings (SSSR count). The molecular weight excluding hydrogens is 248 g/mol. The van der Waals surface area contributed by atoms with Crippen LogP contribution in [0.15, 0.2) is 48.8 Å². The number of hydrogen-bond acceptors (Lipinski definition) is 4. The topological polar surface area (TPSA) is 55.0 Å². The van der Waals surface area contributed by atoms with Crippen LogP contribution in [0.1, 0.15) is 5.56 Å². The van der Waals surface area contributed by atoms with Crippen LogP contribution >= 0.6 is 0 Å². The Morgan fingerprint density at radius 2 is 1.85 bits per heavy atom. The molecule has 3 aromatic rings. The summed E-state index contributed by atoms with van der Waals surface area (Å²) in [6.45, 7) is 2.09. The van der Waals surface area contributed by atoms with Gasteiger partial charge in [0.05, 0.1) is 5.52 Å². The van der Waals surface area contributed by atoms with Gasteiger partial charge < -0.3 is 10.6 Å². The SMILES string of the molecule is Cc1ccccc1N(C)c1ncnc2cc(N)ccc12. The van der Waals surface area contributed by atoms with Gasteiger partial charge in [0, 0.05) is 23.8 Å². The van der Waals surface area contributed by atoms with Crippen molar-refractivity contribution in [3.05, 3.63) is 54.4 Å². The second kappa shape index (κ2) is 4.81. The van der Waals surface area contributed by atoms with Crippen molar-refractivity contribution in [2.24, 2.45) is 0 Å². The van der Waals surface area contributed by atoms with Crippen molar-refractivity contribution in [3.8, 4) is 0 Å². The minimum atomic E-state index is 0.709. The Kier molecular flexibility index (Phi) is 2.99. The zero-order valence-corrected chi connectivity index (χ0v) is 11.5. The van der Waals surface area contributed by atoms with Crippen molar-refractivity contribution in [1.29, 1.82) is 0 Å². The first-order valence-electron chi connectivity index (χ1n) is 6.46. The standard InChI is InChI=1S/C16H16N4/c1-11-5-3-4-6-15(11)20(2)16-13-8-7-12(17)9-14(13)18-10-19-16/h3-10H,17H2,1-2H3. The fourth-order valence-corrected chi connectivity index (χ4v) is 2.38. The molecule has 0 aliphatic rings. The quantitative estimate of drug-likeness (QED) is 0.722. The summed E-state index contributed by atoms with van der Waals surface area (Å²) in [6, 6.07) is 13.9. The molecule has 0 amide bonds. The average molecular weight is 264 g/mol. The predicted molar refractivity (Wildman–Crippen MR) is 83.2 cm³/mol. The molecule has 2 N–H and O–H groups in total. The van der Waals surface area contributed by atoms with E-state index in [1.54, 1.807) is 6.33 Å². The average Bonchev–Trinajstić information content (AvgIpc) is 2.46. The Morgan fingerprint density at radius 3 is 2.65 bits per heavy atom. The Balaban J connectivity index is 2.17. The summed E-state index contributed by atoms with van der Waals surface area (Å²) in [5.41, 5.74) is 9.71. The third kappa shape index (κ3) is 2.05. The number of para-hydroxylation sites is 1. The highest BCUT2D eigenvalue weighted by atomic mass is 15.2. The minimum Gasteiger partial charge on any atom is -0.399 e. The second-order valence-corrected chi connectivity index (χ2v) is 4.82. The van der Waals surface area contributed by atoms with Gasteiger partial charge in [0.15, 0.2) is 0 Å². The zero-order valence-electron chi connectivity index (χ0n) is 11.5. The Hall–Kier alpha value is -2.62. The maximum absolute atomic E-state index is 5.81. The van der Waals surface area contributed by atoms with E-state index in [-0.39, 0.29) is 0 Å². The molecule has 0 unspecified atom stereocenters. The lowest BCUT2D eigenvalue weighted by Crippen LogP contribution is -2.13. The first-order valence-corrected chi connectivity index (χ1v) is 6.46. The number of nitrogens with zero attached hydrogens (tertiary/aromatic N) is 3. The number of aromatic nitrogens is 2. The molecule has 0 spiro atoms. The van der Waals surface area contributed by atoms with Crippen molar-refractivity contribution in [1.82, 2.24) is 9.97 Å². The summed E-state index contributed by atoms with van der Waals surface area (Å²) in [5, 5.41) is 0.993. The van der Waals surface area contributed by atoms with Crippen LogP contribution in [0, 0.1) is 6.92 Å². The molecule has 0 saturated carbocycles. The van der Waals surface area contributed by atoms with Crippen molar-refractivity contribution >= 4 is 28.1 Å². The van der Waals surface area contributed by atoms with Crippen LogP contribution in [-0.2, 0) is 0 Å². The number of anilines is 3. The van der Waals surface area contributed by atoms with Gasteiger partial charge in [-0.3, -0.25) is 0 Å². The van der Waals surface area contributed by atoms with E-state index in [0.717, 1.165) is 22.4 Å². The largest absolute Gasteiger partial charge is 0.399 e. The van der Waals surface area contributed by atoms with E-state index in [1.165, 1.54) is 5.56 Å². The van der Waals surface area contributed by atoms with E-state index >= 15 is 0 Å². The first kappa shape index (κ1) is 12.4. The Morgan fingerprint density at radius 1 is 1.05 bits per heavy atom. The van der Waals surface area contributed by atoms with E-state index in [0.29, 0.717) is 5.69 Å². The highest BCUT2D eigenvalue weighted by Gasteiger charge is 2.11. The van der Waals surface area contributed by atoms with E-state index in [4.69, 9.17) is 5.73 Å². The number of nitrogens with two attached hydrogens (primary N) is 1. The molecule has 1 aromatic heterocycles. The Labute approximate surface area is 117 Å². The van der Waals surface area contributed by atoms with Crippen LogP contribution in [0.25, 0.3) is 10.9 Å². The zero-order chi connectivity index (χ0) is 14.1. The van der Waals surface area contributed by atoms with Crippen molar-refractivity contribution in [2.75, 3.05) is 17.7 Å². The summed E-state index contributed by atoms with van der Waals surface area (Å²) < 4.78 is 0. The van der Waals surface area contributed by atoms with Gasteiger partial charge >= 0.3 is 0 Å². The molecule has 100 valence electrons. The molecule has 0 radical (unpaired) electrons. The number of nitrogen functional groups attached to an aromatic ring is 1. The number of fused-ring (bicyclic) bond motifs is 1. The van der Waals surface area contributed by atoms with Crippen LogP contribution in [0.5, 0.6) is 0 Å². The highest BCUT2D eigenvalue weighted by Crippen LogP contribution is 2.30. The lowest BCUT2D eigenvalue weighted by molar-refractivity contribution is 1.10. The molecule has 0 atom stereocenters. The fourth-order valence-electron chi connectivity index (χ4n) is 2.38. The second-order valence-electron chi connectivity index (χ2n) is 4.82. The maximum Gasteiger partial charge on any atom is 0.144 e. The van der Waals surface area contributed by atoms with Gasteiger partial charge in [0.25, 0.3) is 0 Å². The molecular formula is C16H16N4. The van der Waals surface area contributed by atoms with Gasteiger partial charge in [-0.05, 0) is 36.8 Å². The third-order valence-electron chi connectivity index (χ3n) is 3.43. The molecule has 0 aliphatic heterocycles. The van der Waals surface area contributed by atoms with Crippen LogP contribution in [0.2, 0.25) is 0 Å². The van der Waals surface area contributed by atoms with Gasteiger partial charge in [-0.1, -0.05) is 18.2 Å². The molecule has 4 nitrogen and oxygen atoms in total. The molecule has 4 heteroatoms. The lowest BCUT2D eigenvalue weighted by atomic mass is 10.1. The highest BCUT2D eigenvalue weighted by molar-refractivity contribution is 5.93. The number of aryl methyl sites for hydroxylation is 1. The summed E-state index contributed by atoms with van der Waals surface area (Å²) in [7, 11) is 2.01. The summed E-state index contributed by atoms with van der Waals surface area (Å²) in [4.78, 5) is 10.8. The van der Waals surface area contributed by atoms with Crippen molar-refractivity contribution < 1.29 is 0 Å². The first-order chi connectivity index (χ1) is 9.66. The number of hydrogen-bond donors (Lipinski definition) is 1. The molecule has 0 bridgehead atoms. The van der Waals surface area contributed by atoms with Crippen LogP contribution in [0.3, 0.4) is 0 Å². The molecule has 2 aromatic carbocycles. The number of benzene rings is 2. The van der Waals surface area contributed by atoms with E-state index < -0.39 is 0 Å². The molecule has 0 fully saturated rings. The fraction of sp³-hybridized carbons (Fsp3) is 0.125. The van der Waals surface area contributed by atoms with Crippen molar-refractivity contribution in [3.63, 3.8) is 0 Å². The van der Waals surface area contributed by atoms with E-state index in [1.807, 2.05) is 37.4 Å². The normalized spacial score (nSPS) is 10.7. The Bertz CT molecular complexity index is 767. The van der Waals surface area contributed by atoms with E-state index in [2.05, 4.69) is 33.9 Å². The van der Waals surface area contributed by atoms with Crippen LogP contribution in [0.4, 0.5) is 17.2 Å². The molecule has 20 heavy (non-hydrogen) atoms. The number of rotatable bonds is 2. The summed E-state index contributed by atoms with van der Waals surface area (Å²) >= 11 is 0. The summed E-state index contributed by atoms with van der Waals surface area (Å²) in [6.07, 6.45) is 1.58. The van der Waals surface area contributed by atoms with Gasteiger partial charge in [-0.15, -0.1) is 0 Å². The van der Waals surface area contributed by atoms with Gasteiger partial charge in [0.1, 0.15) is 12.1 Å². The summed E-state index contributed by atoms with van der Waals surface area (Å²) in [5.74, 6) is 0.879. The van der Waals surface area contributed by atoms with E-state index in [9.17, 15) is 0 Å². The lowest BCUT2D eigenvalue weighted by Gasteiger charge is -2.21. The van der Waals surface area contributed by atoms with Crippen molar-refractivity contribution in [2.45, 2.75) is 6.92 Å². The smallest absolute Gasteiger partial charge is 0.144 e. The predicted octanol–water partition coefficient (Wildman–Crippen LogP) is 3.29. The molecule has 0 aliphatic carbocycles. The molecule has 1 heterocycles. The van der Waals surface area contributed by atoms with Gasteiger partial charge in [-0.25, -0.2) is 9.97 Å². The van der Waals surface area contributed by atoms with Gasteiger partial charge in [-0.2, -0.15) is 0 Å². The third-order valence-corrected chi connectivity index (χ3v) is 3.43. The minimum absolute atomic E-state index is 0.709. The monoisotopic (exact) mass is 264 g/mol. The van der Waals surface area contributed by atoms with Crippen LogP contribution in [-0.4, -0.2) is 17.0 Å².